The molecule has 17 heavy (non-hydrogen) atoms. The first-order valence-corrected chi connectivity index (χ1v) is 6.45. The number of anilines is 1. The molecule has 1 aromatic carbocycles. The van der Waals surface area contributed by atoms with Crippen molar-refractivity contribution < 1.29 is 17.3 Å². The zero-order valence-electron chi connectivity index (χ0n) is 11.2. The molecule has 1 N–H and O–H groups in total. The van der Waals surface area contributed by atoms with Crippen LogP contribution in [0.2, 0.25) is 0 Å². The molecule has 0 aliphatic heterocycles. The molecule has 0 spiro atoms. The van der Waals surface area contributed by atoms with E-state index in [9.17, 15) is 0 Å². The molecule has 3 heteroatoms. The number of quaternary nitrogens is 1. The summed E-state index contributed by atoms with van der Waals surface area (Å²) in [4.78, 5) is 4.13. The number of benzene rings is 1. The molecular formula is C14H25ClN2. The van der Waals surface area contributed by atoms with E-state index in [1.54, 1.807) is 4.90 Å². The SMILES string of the molecule is CCN(CC[NH+](CC)CC)c1ccccc1.[Cl-]. The van der Waals surface area contributed by atoms with E-state index in [4.69, 9.17) is 0 Å². The van der Waals surface area contributed by atoms with Crippen LogP contribution in [0.5, 0.6) is 0 Å². The molecule has 0 amide bonds. The Hall–Kier alpha value is -0.730. The van der Waals surface area contributed by atoms with Crippen molar-refractivity contribution in [1.29, 1.82) is 0 Å². The van der Waals surface area contributed by atoms with E-state index in [1.165, 1.54) is 25.3 Å². The van der Waals surface area contributed by atoms with Crippen LogP contribution in [0.3, 0.4) is 0 Å². The summed E-state index contributed by atoms with van der Waals surface area (Å²) in [6, 6.07) is 10.7. The summed E-state index contributed by atoms with van der Waals surface area (Å²) < 4.78 is 0. The van der Waals surface area contributed by atoms with Crippen molar-refractivity contribution in [3.63, 3.8) is 0 Å². The van der Waals surface area contributed by atoms with Gasteiger partial charge in [-0.15, -0.1) is 0 Å². The Balaban J connectivity index is 0.00000256. The lowest BCUT2D eigenvalue weighted by atomic mass is 10.3. The number of rotatable bonds is 7. The Morgan fingerprint density at radius 2 is 1.59 bits per heavy atom. The third-order valence-corrected chi connectivity index (χ3v) is 3.24. The van der Waals surface area contributed by atoms with Crippen molar-refractivity contribution in [3.05, 3.63) is 30.3 Å². The number of para-hydroxylation sites is 1. The van der Waals surface area contributed by atoms with Crippen LogP contribution >= 0.6 is 0 Å². The van der Waals surface area contributed by atoms with E-state index >= 15 is 0 Å². The van der Waals surface area contributed by atoms with Crippen LogP contribution in [-0.2, 0) is 0 Å². The van der Waals surface area contributed by atoms with Gasteiger partial charge in [0.05, 0.1) is 26.2 Å². The summed E-state index contributed by atoms with van der Waals surface area (Å²) in [5, 5.41) is 0. The van der Waals surface area contributed by atoms with Crippen LogP contribution < -0.4 is 22.2 Å². The fourth-order valence-corrected chi connectivity index (χ4v) is 2.01. The molecule has 0 fully saturated rings. The molecule has 2 nitrogen and oxygen atoms in total. The number of likely N-dealkylation sites (N-methyl/N-ethyl adjacent to an activating group) is 2. The van der Waals surface area contributed by atoms with Crippen molar-refractivity contribution in [2.75, 3.05) is 37.6 Å². The molecule has 0 heterocycles. The van der Waals surface area contributed by atoms with Gasteiger partial charge in [0.1, 0.15) is 0 Å². The second-order valence-corrected chi connectivity index (χ2v) is 4.12. The van der Waals surface area contributed by atoms with Gasteiger partial charge in [0.25, 0.3) is 0 Å². The normalized spacial score (nSPS) is 10.1. The average Bonchev–Trinajstić information content (AvgIpc) is 2.36. The number of nitrogens with one attached hydrogen (secondary N) is 1. The van der Waals surface area contributed by atoms with Gasteiger partial charge in [0, 0.05) is 12.2 Å². The molecule has 0 atom stereocenters. The fourth-order valence-electron chi connectivity index (χ4n) is 2.01. The van der Waals surface area contributed by atoms with Gasteiger partial charge >= 0.3 is 0 Å². The number of nitrogens with zero attached hydrogens (tertiary/aromatic N) is 1. The van der Waals surface area contributed by atoms with Crippen LogP contribution in [0.25, 0.3) is 0 Å². The summed E-state index contributed by atoms with van der Waals surface area (Å²) in [5.74, 6) is 0. The standard InChI is InChI=1S/C14H24N2.ClH/c1-4-15(5-2)12-13-16(6-3)14-10-8-7-9-11-14;/h7-11H,4-6,12-13H2,1-3H3;1H. The van der Waals surface area contributed by atoms with E-state index in [0.29, 0.717) is 0 Å². The van der Waals surface area contributed by atoms with E-state index in [2.05, 4.69) is 56.0 Å². The average molecular weight is 257 g/mol. The summed E-state index contributed by atoms with van der Waals surface area (Å²) >= 11 is 0. The topological polar surface area (TPSA) is 7.68 Å². The Labute approximate surface area is 112 Å². The molecule has 0 aromatic heterocycles. The van der Waals surface area contributed by atoms with Gasteiger partial charge < -0.3 is 22.2 Å². The third-order valence-electron chi connectivity index (χ3n) is 3.24. The molecule has 0 aliphatic carbocycles. The van der Waals surface area contributed by atoms with Gasteiger partial charge in [0.15, 0.2) is 0 Å². The number of hydrogen-bond donors (Lipinski definition) is 1. The van der Waals surface area contributed by atoms with Gasteiger partial charge in [-0.1, -0.05) is 18.2 Å². The van der Waals surface area contributed by atoms with Crippen LogP contribution in [-0.4, -0.2) is 32.7 Å². The lowest BCUT2D eigenvalue weighted by Gasteiger charge is -2.25. The Bertz CT molecular complexity index is 273. The largest absolute Gasteiger partial charge is 1.00 e. The maximum atomic E-state index is 2.45. The smallest absolute Gasteiger partial charge is 0.0948 e. The van der Waals surface area contributed by atoms with E-state index in [0.717, 1.165) is 13.1 Å². The molecule has 0 radical (unpaired) electrons. The van der Waals surface area contributed by atoms with Gasteiger partial charge in [-0.05, 0) is 32.9 Å². The minimum Gasteiger partial charge on any atom is -1.00 e. The summed E-state index contributed by atoms with van der Waals surface area (Å²) in [6.07, 6.45) is 0. The molecule has 1 aromatic rings. The van der Waals surface area contributed by atoms with Crippen LogP contribution in [0, 0.1) is 0 Å². The molecule has 0 saturated carbocycles. The minimum atomic E-state index is 0. The van der Waals surface area contributed by atoms with E-state index in [-0.39, 0.29) is 12.4 Å². The van der Waals surface area contributed by atoms with Crippen LogP contribution in [0.15, 0.2) is 30.3 Å². The first kappa shape index (κ1) is 16.3. The lowest BCUT2D eigenvalue weighted by Crippen LogP contribution is -3.12. The lowest BCUT2D eigenvalue weighted by molar-refractivity contribution is -0.894. The maximum absolute atomic E-state index is 2.45. The molecule has 0 bridgehead atoms. The highest BCUT2D eigenvalue weighted by Crippen LogP contribution is 2.11. The first-order chi connectivity index (χ1) is 7.81. The van der Waals surface area contributed by atoms with Crippen molar-refractivity contribution in [2.24, 2.45) is 0 Å². The monoisotopic (exact) mass is 256 g/mol. The molecule has 0 saturated heterocycles. The highest BCUT2D eigenvalue weighted by molar-refractivity contribution is 5.45. The Morgan fingerprint density at radius 3 is 2.06 bits per heavy atom. The van der Waals surface area contributed by atoms with Crippen LogP contribution in [0.4, 0.5) is 5.69 Å². The maximum Gasteiger partial charge on any atom is 0.0948 e. The second-order valence-electron chi connectivity index (χ2n) is 4.12. The zero-order valence-corrected chi connectivity index (χ0v) is 12.0. The zero-order chi connectivity index (χ0) is 11.8. The van der Waals surface area contributed by atoms with Gasteiger partial charge in [0.2, 0.25) is 0 Å². The molecule has 98 valence electrons. The van der Waals surface area contributed by atoms with E-state index in [1.807, 2.05) is 0 Å². The summed E-state index contributed by atoms with van der Waals surface area (Å²) in [7, 11) is 0. The second kappa shape index (κ2) is 9.32. The van der Waals surface area contributed by atoms with E-state index < -0.39 is 0 Å². The Morgan fingerprint density at radius 1 is 1.00 bits per heavy atom. The van der Waals surface area contributed by atoms with Crippen molar-refractivity contribution in [1.82, 2.24) is 0 Å². The van der Waals surface area contributed by atoms with Gasteiger partial charge in [-0.25, -0.2) is 0 Å². The highest BCUT2D eigenvalue weighted by atomic mass is 35.5. The van der Waals surface area contributed by atoms with Gasteiger partial charge in [-0.3, -0.25) is 0 Å². The molecular weight excluding hydrogens is 232 g/mol. The van der Waals surface area contributed by atoms with Crippen molar-refractivity contribution in [2.45, 2.75) is 20.8 Å². The number of hydrogen-bond acceptors (Lipinski definition) is 1. The highest BCUT2D eigenvalue weighted by Gasteiger charge is 2.07. The molecule has 0 unspecified atom stereocenters. The number of halogens is 1. The predicted octanol–water partition coefficient (Wildman–Crippen LogP) is -1.56. The van der Waals surface area contributed by atoms with Crippen molar-refractivity contribution >= 4 is 5.69 Å². The fraction of sp³-hybridized carbons (Fsp3) is 0.571. The third kappa shape index (κ3) is 5.42. The summed E-state index contributed by atoms with van der Waals surface area (Å²) in [5.41, 5.74) is 1.34. The first-order valence-electron chi connectivity index (χ1n) is 6.45. The van der Waals surface area contributed by atoms with Crippen molar-refractivity contribution in [3.8, 4) is 0 Å². The Kier molecular flexibility index (Phi) is 8.92. The quantitative estimate of drug-likeness (QED) is 0.620. The summed E-state index contributed by atoms with van der Waals surface area (Å²) in [6.45, 7) is 12.7. The minimum absolute atomic E-state index is 0. The van der Waals surface area contributed by atoms with Crippen LogP contribution in [0.1, 0.15) is 20.8 Å². The predicted molar refractivity (Wildman–Crippen MR) is 71.2 cm³/mol. The van der Waals surface area contributed by atoms with Gasteiger partial charge in [-0.2, -0.15) is 0 Å². The molecule has 0 aliphatic rings. The molecule has 1 rings (SSSR count).